The van der Waals surface area contributed by atoms with E-state index in [0.717, 1.165) is 41.0 Å². The van der Waals surface area contributed by atoms with Gasteiger partial charge in [-0.1, -0.05) is 17.7 Å². The highest BCUT2D eigenvalue weighted by Gasteiger charge is 2.27. The van der Waals surface area contributed by atoms with Crippen LogP contribution in [0, 0.1) is 0 Å². The molecule has 0 amide bonds. The molecule has 0 aliphatic carbocycles. The number of nitrogens with two attached hydrogens (primary N) is 1. The van der Waals surface area contributed by atoms with Gasteiger partial charge in [0.1, 0.15) is 9.71 Å². The average Bonchev–Trinajstić information content (AvgIpc) is 3.35. The van der Waals surface area contributed by atoms with Crippen LogP contribution < -0.4 is 5.73 Å². The van der Waals surface area contributed by atoms with Crippen LogP contribution in [0.1, 0.15) is 26.5 Å². The van der Waals surface area contributed by atoms with Crippen molar-refractivity contribution in [2.45, 2.75) is 13.0 Å². The maximum Gasteiger partial charge on any atom is 0.205 e. The molecule has 0 saturated carbocycles. The minimum absolute atomic E-state index is 0.0885. The fourth-order valence-electron chi connectivity index (χ4n) is 3.85. The maximum absolute atomic E-state index is 13.2. The standard InChI is InChI=1S/C22H18ClN3OS2/c1-26-9-8-15-14(11-26)17(16-3-2-10-28-16)18-19(24)21(29-22(18)25-15)20(27)12-4-6-13(23)7-5-12/h2-7,10H,8-9,11,24H2,1H3. The molecule has 0 bridgehead atoms. The normalized spacial score (nSPS) is 14.3. The van der Waals surface area contributed by atoms with Crippen LogP contribution in [0.4, 0.5) is 5.69 Å². The van der Waals surface area contributed by atoms with Crippen molar-refractivity contribution in [3.63, 3.8) is 0 Å². The van der Waals surface area contributed by atoms with E-state index >= 15 is 0 Å². The zero-order chi connectivity index (χ0) is 20.1. The minimum Gasteiger partial charge on any atom is -0.397 e. The Balaban J connectivity index is 1.76. The third-order valence-corrected chi connectivity index (χ3v) is 7.54. The largest absolute Gasteiger partial charge is 0.397 e. The molecule has 7 heteroatoms. The lowest BCUT2D eigenvalue weighted by Crippen LogP contribution is -2.27. The zero-order valence-electron chi connectivity index (χ0n) is 15.7. The molecule has 0 radical (unpaired) electrons. The van der Waals surface area contributed by atoms with Crippen LogP contribution in [0.3, 0.4) is 0 Å². The first kappa shape index (κ1) is 18.8. The SMILES string of the molecule is CN1CCc2nc3sc(C(=O)c4ccc(Cl)cc4)c(N)c3c(-c3cccs3)c2C1. The molecule has 0 saturated heterocycles. The fourth-order valence-corrected chi connectivity index (χ4v) is 5.87. The molecule has 0 fully saturated rings. The van der Waals surface area contributed by atoms with Crippen molar-refractivity contribution in [2.75, 3.05) is 19.3 Å². The van der Waals surface area contributed by atoms with Gasteiger partial charge in [-0.25, -0.2) is 4.98 Å². The zero-order valence-corrected chi connectivity index (χ0v) is 18.1. The number of anilines is 1. The molecule has 146 valence electrons. The van der Waals surface area contributed by atoms with E-state index in [4.69, 9.17) is 22.3 Å². The molecule has 4 nitrogen and oxygen atoms in total. The number of aromatic nitrogens is 1. The second-order valence-electron chi connectivity index (χ2n) is 7.24. The number of pyridine rings is 1. The van der Waals surface area contributed by atoms with E-state index in [1.165, 1.54) is 21.8 Å². The predicted molar refractivity (Wildman–Crippen MR) is 122 cm³/mol. The predicted octanol–water partition coefficient (Wildman–Crippen LogP) is 5.48. The summed E-state index contributed by atoms with van der Waals surface area (Å²) in [6.45, 7) is 1.81. The Morgan fingerprint density at radius 3 is 2.76 bits per heavy atom. The number of ketones is 1. The summed E-state index contributed by atoms with van der Waals surface area (Å²) in [4.78, 5) is 23.0. The number of carbonyl (C=O) groups excluding carboxylic acids is 1. The van der Waals surface area contributed by atoms with Crippen molar-refractivity contribution < 1.29 is 4.79 Å². The third-order valence-electron chi connectivity index (χ3n) is 5.30. The van der Waals surface area contributed by atoms with Gasteiger partial charge in [0, 0.05) is 51.6 Å². The van der Waals surface area contributed by atoms with Gasteiger partial charge in [0.15, 0.2) is 0 Å². The highest BCUT2D eigenvalue weighted by molar-refractivity contribution is 7.21. The van der Waals surface area contributed by atoms with Crippen LogP contribution in [-0.4, -0.2) is 29.3 Å². The quantitative estimate of drug-likeness (QED) is 0.429. The van der Waals surface area contributed by atoms with Crippen LogP contribution in [-0.2, 0) is 13.0 Å². The van der Waals surface area contributed by atoms with Gasteiger partial charge in [-0.15, -0.1) is 22.7 Å². The molecule has 3 aromatic heterocycles. The van der Waals surface area contributed by atoms with E-state index in [1.807, 2.05) is 6.07 Å². The Hall–Kier alpha value is -2.25. The molecule has 0 unspecified atom stereocenters. The number of hydrogen-bond donors (Lipinski definition) is 1. The molecule has 4 heterocycles. The first-order valence-electron chi connectivity index (χ1n) is 9.29. The van der Waals surface area contributed by atoms with Crippen molar-refractivity contribution in [1.29, 1.82) is 0 Å². The van der Waals surface area contributed by atoms with Crippen molar-refractivity contribution in [2.24, 2.45) is 0 Å². The van der Waals surface area contributed by atoms with Crippen LogP contribution >= 0.6 is 34.3 Å². The van der Waals surface area contributed by atoms with Gasteiger partial charge in [-0.3, -0.25) is 4.79 Å². The lowest BCUT2D eigenvalue weighted by atomic mass is 9.95. The monoisotopic (exact) mass is 439 g/mol. The van der Waals surface area contributed by atoms with E-state index in [-0.39, 0.29) is 5.78 Å². The van der Waals surface area contributed by atoms with Gasteiger partial charge < -0.3 is 10.6 Å². The van der Waals surface area contributed by atoms with E-state index in [1.54, 1.807) is 35.6 Å². The van der Waals surface area contributed by atoms with Crippen LogP contribution in [0.2, 0.25) is 5.02 Å². The maximum atomic E-state index is 13.2. The number of halogens is 1. The Bertz CT molecular complexity index is 1230. The lowest BCUT2D eigenvalue weighted by Gasteiger charge is -2.26. The molecule has 5 rings (SSSR count). The summed E-state index contributed by atoms with van der Waals surface area (Å²) in [5, 5.41) is 3.58. The summed E-state index contributed by atoms with van der Waals surface area (Å²) in [7, 11) is 2.12. The number of hydrogen-bond acceptors (Lipinski definition) is 6. The highest BCUT2D eigenvalue weighted by atomic mass is 35.5. The topological polar surface area (TPSA) is 59.2 Å². The molecule has 1 aliphatic heterocycles. The molecule has 29 heavy (non-hydrogen) atoms. The summed E-state index contributed by atoms with van der Waals surface area (Å²) in [5.41, 5.74) is 11.2. The van der Waals surface area contributed by atoms with Gasteiger partial charge in [-0.05, 0) is 48.3 Å². The number of rotatable bonds is 3. The first-order valence-corrected chi connectivity index (χ1v) is 11.4. The molecule has 1 aliphatic rings. The highest BCUT2D eigenvalue weighted by Crippen LogP contribution is 2.45. The summed E-state index contributed by atoms with van der Waals surface area (Å²) in [6.07, 6.45) is 0.901. The number of fused-ring (bicyclic) bond motifs is 2. The van der Waals surface area contributed by atoms with Gasteiger partial charge in [0.05, 0.1) is 5.69 Å². The summed E-state index contributed by atoms with van der Waals surface area (Å²) < 4.78 is 0. The van der Waals surface area contributed by atoms with Crippen molar-refractivity contribution >= 4 is 56.0 Å². The fraction of sp³-hybridized carbons (Fsp3) is 0.182. The van der Waals surface area contributed by atoms with Gasteiger partial charge >= 0.3 is 0 Å². The Morgan fingerprint density at radius 2 is 2.03 bits per heavy atom. The molecule has 1 aromatic carbocycles. The van der Waals surface area contributed by atoms with Crippen molar-refractivity contribution in [1.82, 2.24) is 9.88 Å². The molecular weight excluding hydrogens is 422 g/mol. The van der Waals surface area contributed by atoms with Gasteiger partial charge in [0.2, 0.25) is 5.78 Å². The second kappa shape index (κ2) is 7.22. The van der Waals surface area contributed by atoms with Crippen LogP contribution in [0.5, 0.6) is 0 Å². The van der Waals surface area contributed by atoms with Crippen LogP contribution in [0.25, 0.3) is 20.7 Å². The third kappa shape index (κ3) is 3.16. The van der Waals surface area contributed by atoms with Crippen molar-refractivity contribution in [3.8, 4) is 10.4 Å². The lowest BCUT2D eigenvalue weighted by molar-refractivity contribution is 0.104. The number of nitrogen functional groups attached to an aromatic ring is 1. The first-order chi connectivity index (χ1) is 14.0. The molecule has 0 atom stereocenters. The minimum atomic E-state index is -0.0885. The van der Waals surface area contributed by atoms with Gasteiger partial charge in [0.25, 0.3) is 0 Å². The van der Waals surface area contributed by atoms with E-state index in [0.29, 0.717) is 21.2 Å². The molecular formula is C22H18ClN3OS2. The Morgan fingerprint density at radius 1 is 1.24 bits per heavy atom. The number of thiophene rings is 2. The van der Waals surface area contributed by atoms with E-state index in [2.05, 4.69) is 23.4 Å². The Kier molecular flexibility index (Phi) is 4.67. The Labute approximate surface area is 181 Å². The van der Waals surface area contributed by atoms with Crippen LogP contribution in [0.15, 0.2) is 41.8 Å². The number of carbonyl (C=O) groups is 1. The van der Waals surface area contributed by atoms with Crippen molar-refractivity contribution in [3.05, 3.63) is 68.5 Å². The molecule has 4 aromatic rings. The smallest absolute Gasteiger partial charge is 0.205 e. The van der Waals surface area contributed by atoms with Gasteiger partial charge in [-0.2, -0.15) is 0 Å². The summed E-state index contributed by atoms with van der Waals surface area (Å²) in [6, 6.07) is 11.1. The molecule has 2 N–H and O–H groups in total. The number of likely N-dealkylation sites (N-methyl/N-ethyl adjacent to an activating group) is 1. The van der Waals surface area contributed by atoms with E-state index in [9.17, 15) is 4.79 Å². The summed E-state index contributed by atoms with van der Waals surface area (Å²) >= 11 is 9.05. The average molecular weight is 440 g/mol. The summed E-state index contributed by atoms with van der Waals surface area (Å²) in [5.74, 6) is -0.0885. The number of benzene rings is 1. The second-order valence-corrected chi connectivity index (χ2v) is 9.62. The number of nitrogens with zero attached hydrogens (tertiary/aromatic N) is 2. The van der Waals surface area contributed by atoms with E-state index < -0.39 is 0 Å². The molecule has 0 spiro atoms.